The fraction of sp³-hybridized carbons (Fsp3) is 0.190. The molecule has 0 amide bonds. The van der Waals surface area contributed by atoms with E-state index in [1.165, 1.54) is 12.1 Å². The van der Waals surface area contributed by atoms with Gasteiger partial charge in [0, 0.05) is 42.7 Å². The number of carboxylic acid groups (broad SMARTS) is 1. The number of benzene rings is 2. The van der Waals surface area contributed by atoms with Crippen LogP contribution in [0.1, 0.15) is 13.3 Å². The van der Waals surface area contributed by atoms with Crippen molar-refractivity contribution in [2.24, 2.45) is 5.73 Å². The monoisotopic (exact) mass is 491 g/mol. The molecule has 33 heavy (non-hydrogen) atoms. The van der Waals surface area contributed by atoms with Crippen LogP contribution in [0.4, 0.5) is 5.69 Å². The molecule has 0 saturated heterocycles. The van der Waals surface area contributed by atoms with Crippen molar-refractivity contribution in [2.45, 2.75) is 19.9 Å². The number of hydrogen-bond acceptors (Lipinski definition) is 6. The summed E-state index contributed by atoms with van der Waals surface area (Å²) in [6.45, 7) is 2.11. The minimum Gasteiger partial charge on any atom is -0.481 e. The molecule has 2 heterocycles. The Balaban J connectivity index is 0.000000709. The zero-order valence-electron chi connectivity index (χ0n) is 17.3. The molecule has 0 saturated carbocycles. The van der Waals surface area contributed by atoms with Gasteiger partial charge in [-0.3, -0.25) is 19.7 Å². The number of H-pyrrole nitrogens is 1. The maximum Gasteiger partial charge on any atom is 0.300 e. The number of aromatic amines is 1. The topological polar surface area (TPSA) is 157 Å². The van der Waals surface area contributed by atoms with E-state index in [2.05, 4.69) is 9.97 Å². The van der Waals surface area contributed by atoms with Gasteiger partial charge >= 0.3 is 0 Å². The first kappa shape index (κ1) is 24.2. The number of aliphatic carboxylic acids is 1. The molecule has 2 aromatic carbocycles. The van der Waals surface area contributed by atoms with Crippen LogP contribution in [0.3, 0.4) is 0 Å². The highest BCUT2D eigenvalue weighted by atomic mass is 35.5. The van der Waals surface area contributed by atoms with Gasteiger partial charge in [-0.25, -0.2) is 4.98 Å². The van der Waals surface area contributed by atoms with E-state index in [0.29, 0.717) is 57.1 Å². The van der Waals surface area contributed by atoms with Gasteiger partial charge in [0.25, 0.3) is 17.2 Å². The highest BCUT2D eigenvalue weighted by molar-refractivity contribution is 6.42. The fourth-order valence-electron chi connectivity index (χ4n) is 3.29. The van der Waals surface area contributed by atoms with Gasteiger partial charge in [-0.15, -0.1) is 0 Å². The van der Waals surface area contributed by atoms with Gasteiger partial charge in [0.05, 0.1) is 31.5 Å². The van der Waals surface area contributed by atoms with E-state index < -0.39 is 16.5 Å². The van der Waals surface area contributed by atoms with Crippen molar-refractivity contribution in [3.8, 4) is 11.3 Å². The molecule has 4 rings (SSSR count). The van der Waals surface area contributed by atoms with Crippen LogP contribution in [0.15, 0.2) is 41.3 Å². The van der Waals surface area contributed by atoms with Gasteiger partial charge in [0.1, 0.15) is 5.69 Å². The van der Waals surface area contributed by atoms with Crippen LogP contribution in [0.2, 0.25) is 10.0 Å². The number of halogens is 2. The smallest absolute Gasteiger partial charge is 0.300 e. The largest absolute Gasteiger partial charge is 0.481 e. The van der Waals surface area contributed by atoms with Crippen molar-refractivity contribution in [3.63, 3.8) is 0 Å². The number of aromatic nitrogens is 3. The first-order valence-electron chi connectivity index (χ1n) is 9.68. The summed E-state index contributed by atoms with van der Waals surface area (Å²) in [6, 6.07) is 7.65. The number of hydrogen-bond donors (Lipinski definition) is 3. The molecule has 0 unspecified atom stereocenters. The van der Waals surface area contributed by atoms with Crippen LogP contribution in [-0.2, 0) is 11.3 Å². The van der Waals surface area contributed by atoms with Crippen LogP contribution >= 0.6 is 23.2 Å². The zero-order valence-corrected chi connectivity index (χ0v) is 18.9. The maximum atomic E-state index is 12.7. The second kappa shape index (κ2) is 9.99. The van der Waals surface area contributed by atoms with Crippen molar-refractivity contribution < 1.29 is 14.8 Å². The number of nitro groups is 1. The zero-order chi connectivity index (χ0) is 24.3. The summed E-state index contributed by atoms with van der Waals surface area (Å²) in [4.78, 5) is 39.7. The molecule has 0 aliphatic carbocycles. The second-order valence-corrected chi connectivity index (χ2v) is 7.87. The Labute approximate surface area is 196 Å². The van der Waals surface area contributed by atoms with Crippen LogP contribution in [0.25, 0.3) is 33.2 Å². The minimum atomic E-state index is -0.833. The number of fused-ring (bicyclic) bond motifs is 2. The van der Waals surface area contributed by atoms with E-state index in [1.54, 1.807) is 24.4 Å². The summed E-state index contributed by atoms with van der Waals surface area (Å²) in [5, 5.41) is 19.9. The van der Waals surface area contributed by atoms with E-state index in [0.717, 1.165) is 6.92 Å². The Kier molecular flexibility index (Phi) is 7.32. The molecule has 0 fully saturated rings. The molecule has 0 spiro atoms. The summed E-state index contributed by atoms with van der Waals surface area (Å²) < 4.78 is 1.85. The summed E-state index contributed by atoms with van der Waals surface area (Å²) in [5.74, 6) is -0.833. The van der Waals surface area contributed by atoms with Crippen LogP contribution in [-0.4, -0.2) is 37.1 Å². The van der Waals surface area contributed by atoms with Crippen LogP contribution in [0.5, 0.6) is 0 Å². The second-order valence-electron chi connectivity index (χ2n) is 7.05. The van der Waals surface area contributed by atoms with Gasteiger partial charge in [0.2, 0.25) is 0 Å². The van der Waals surface area contributed by atoms with Crippen LogP contribution < -0.4 is 11.3 Å². The number of non-ortho nitro benzene ring substituents is 1. The normalized spacial score (nSPS) is 10.8. The number of rotatable bonds is 5. The Morgan fingerprint density at radius 1 is 1.27 bits per heavy atom. The lowest BCUT2D eigenvalue weighted by Crippen LogP contribution is -2.11. The maximum absolute atomic E-state index is 12.7. The molecule has 0 atom stereocenters. The summed E-state index contributed by atoms with van der Waals surface area (Å²) in [7, 11) is 0. The average Bonchev–Trinajstić information content (AvgIpc) is 3.10. The van der Waals surface area contributed by atoms with E-state index in [9.17, 15) is 14.9 Å². The molecular weight excluding hydrogens is 473 g/mol. The summed E-state index contributed by atoms with van der Waals surface area (Å²) >= 11 is 12.1. The van der Waals surface area contributed by atoms with Crippen molar-refractivity contribution in [2.75, 3.05) is 6.54 Å². The van der Waals surface area contributed by atoms with Gasteiger partial charge in [-0.05, 0) is 31.2 Å². The SMILES string of the molecule is CC(=O)O.NCCCn1cc(-c2nc3cc(Cl)c(Cl)cc3[nH]c2=O)c2ccc([N+](=O)[O-])cc21. The number of carbonyl (C=O) groups is 1. The third-order valence-electron chi connectivity index (χ3n) is 4.67. The lowest BCUT2D eigenvalue weighted by molar-refractivity contribution is -0.384. The van der Waals surface area contributed by atoms with E-state index in [1.807, 2.05) is 4.57 Å². The number of nitrogens with zero attached hydrogens (tertiary/aromatic N) is 3. The molecule has 0 radical (unpaired) electrons. The molecule has 2 aromatic heterocycles. The predicted molar refractivity (Wildman–Crippen MR) is 127 cm³/mol. The minimum absolute atomic E-state index is 0.0297. The van der Waals surface area contributed by atoms with Gasteiger partial charge in [0.15, 0.2) is 0 Å². The average molecular weight is 492 g/mol. The van der Waals surface area contributed by atoms with Gasteiger partial charge in [-0.1, -0.05) is 23.2 Å². The number of carboxylic acids is 1. The molecule has 4 aromatic rings. The lowest BCUT2D eigenvalue weighted by Gasteiger charge is -2.04. The van der Waals surface area contributed by atoms with Crippen molar-refractivity contribution in [3.05, 3.63) is 67.0 Å². The number of aryl methyl sites for hydroxylation is 1. The third kappa shape index (κ3) is 5.30. The first-order chi connectivity index (χ1) is 15.6. The predicted octanol–water partition coefficient (Wildman–Crippen LogP) is 4.20. The Morgan fingerprint density at radius 2 is 1.94 bits per heavy atom. The van der Waals surface area contributed by atoms with Crippen molar-refractivity contribution in [1.29, 1.82) is 0 Å². The molecule has 0 aliphatic rings. The van der Waals surface area contributed by atoms with Gasteiger partial charge in [-0.2, -0.15) is 0 Å². The Morgan fingerprint density at radius 3 is 2.58 bits per heavy atom. The lowest BCUT2D eigenvalue weighted by atomic mass is 10.1. The highest BCUT2D eigenvalue weighted by Gasteiger charge is 2.18. The quantitative estimate of drug-likeness (QED) is 0.278. The Hall–Kier alpha value is -3.47. The van der Waals surface area contributed by atoms with E-state index in [4.69, 9.17) is 38.8 Å². The molecular formula is C21H19Cl2N5O5. The molecule has 0 bridgehead atoms. The number of nitrogens with two attached hydrogens (primary N) is 1. The highest BCUT2D eigenvalue weighted by Crippen LogP contribution is 2.32. The van der Waals surface area contributed by atoms with Crippen molar-refractivity contribution >= 4 is 56.8 Å². The first-order valence-corrected chi connectivity index (χ1v) is 10.4. The van der Waals surface area contributed by atoms with E-state index >= 15 is 0 Å². The number of nitrogens with one attached hydrogen (secondary N) is 1. The standard InChI is InChI=1S/C19H15Cl2N5O3.C2H4O2/c20-13-7-15-16(8-14(13)21)24-19(27)18(23-15)12-9-25(5-1-4-22)17-6-10(26(28)29)2-3-11(12)17;1-2(3)4/h2-3,6-9H,1,4-5,22H2,(H,24,27);1H3,(H,3,4). The molecule has 12 heteroatoms. The molecule has 4 N–H and O–H groups in total. The Bertz CT molecular complexity index is 1430. The summed E-state index contributed by atoms with van der Waals surface area (Å²) in [5.41, 5.74) is 7.55. The molecule has 172 valence electrons. The number of nitro benzene ring substituents is 1. The molecule has 0 aliphatic heterocycles. The third-order valence-corrected chi connectivity index (χ3v) is 5.39. The van der Waals surface area contributed by atoms with Crippen molar-refractivity contribution in [1.82, 2.24) is 14.5 Å². The van der Waals surface area contributed by atoms with Crippen LogP contribution in [0, 0.1) is 10.1 Å². The van der Waals surface area contributed by atoms with Gasteiger partial charge < -0.3 is 20.4 Å². The summed E-state index contributed by atoms with van der Waals surface area (Å²) in [6.07, 6.45) is 2.45. The fourth-order valence-corrected chi connectivity index (χ4v) is 3.62. The molecule has 10 nitrogen and oxygen atoms in total. The van der Waals surface area contributed by atoms with E-state index in [-0.39, 0.29) is 11.4 Å².